The molecule has 0 saturated heterocycles. The molecule has 1 aromatic heterocycles. The van der Waals surface area contributed by atoms with Crippen molar-refractivity contribution >= 4 is 17.5 Å². The second kappa shape index (κ2) is 11.5. The van der Waals surface area contributed by atoms with E-state index < -0.39 is 12.2 Å². The van der Waals surface area contributed by atoms with Crippen molar-refractivity contribution in [2.75, 3.05) is 14.2 Å². The van der Waals surface area contributed by atoms with Gasteiger partial charge in [0.15, 0.2) is 0 Å². The molecule has 1 fully saturated rings. The number of nitrogens with zero attached hydrogens (tertiary/aromatic N) is 4. The van der Waals surface area contributed by atoms with Gasteiger partial charge in [0.2, 0.25) is 5.91 Å². The van der Waals surface area contributed by atoms with Crippen LogP contribution in [0.5, 0.6) is 11.5 Å². The predicted octanol–water partition coefficient (Wildman–Crippen LogP) is 2.53. The molecule has 9 nitrogen and oxygen atoms in total. The zero-order valence-electron chi connectivity index (χ0n) is 19.8. The van der Waals surface area contributed by atoms with Crippen molar-refractivity contribution in [1.29, 1.82) is 0 Å². The quantitative estimate of drug-likeness (QED) is 0.442. The van der Waals surface area contributed by atoms with Crippen LogP contribution in [0.4, 0.5) is 0 Å². The van der Waals surface area contributed by atoms with Gasteiger partial charge in [0.05, 0.1) is 30.8 Å². The number of ether oxygens (including phenoxy) is 2. The Morgan fingerprint density at radius 3 is 2.69 bits per heavy atom. The first kappa shape index (κ1) is 25.0. The van der Waals surface area contributed by atoms with E-state index in [0.717, 1.165) is 11.3 Å². The maximum Gasteiger partial charge on any atom is 0.222 e. The van der Waals surface area contributed by atoms with Crippen molar-refractivity contribution in [3.05, 3.63) is 71.8 Å². The number of aliphatic hydroxyl groups is 1. The van der Waals surface area contributed by atoms with Gasteiger partial charge in [-0.25, -0.2) is 4.98 Å². The molecule has 4 atom stereocenters. The third-order valence-corrected chi connectivity index (χ3v) is 6.56. The summed E-state index contributed by atoms with van der Waals surface area (Å²) in [6.07, 6.45) is 2.29. The lowest BCUT2D eigenvalue weighted by molar-refractivity contribution is -0.122. The molecule has 1 heterocycles. The molecule has 1 saturated carbocycles. The predicted molar refractivity (Wildman–Crippen MR) is 131 cm³/mol. The average molecular weight is 500 g/mol. The Hall–Kier alpha value is -3.14. The van der Waals surface area contributed by atoms with Gasteiger partial charge in [-0.2, -0.15) is 5.10 Å². The van der Waals surface area contributed by atoms with Crippen molar-refractivity contribution < 1.29 is 19.4 Å². The van der Waals surface area contributed by atoms with Crippen molar-refractivity contribution in [2.24, 2.45) is 0 Å². The highest BCUT2D eigenvalue weighted by molar-refractivity contribution is 6.32. The van der Waals surface area contributed by atoms with Crippen LogP contribution in [0, 0.1) is 0 Å². The van der Waals surface area contributed by atoms with Gasteiger partial charge in [-0.1, -0.05) is 41.9 Å². The number of benzene rings is 2. The number of rotatable bonds is 10. The molecule has 186 valence electrons. The first-order chi connectivity index (χ1) is 17.0. The van der Waals surface area contributed by atoms with Crippen LogP contribution in [0.15, 0.2) is 61.2 Å². The number of halogens is 1. The van der Waals surface area contributed by atoms with Crippen LogP contribution in [0.2, 0.25) is 5.02 Å². The molecular weight excluding hydrogens is 470 g/mol. The van der Waals surface area contributed by atoms with Gasteiger partial charge in [0.25, 0.3) is 0 Å². The topological polar surface area (TPSA) is 102 Å². The van der Waals surface area contributed by atoms with E-state index in [1.165, 1.54) is 6.33 Å². The van der Waals surface area contributed by atoms with Crippen molar-refractivity contribution in [1.82, 2.24) is 25.0 Å². The molecule has 4 rings (SSSR count). The molecular formula is C25H30ClN5O4. The van der Waals surface area contributed by atoms with Crippen LogP contribution in [0.3, 0.4) is 0 Å². The molecule has 3 aromatic rings. The Morgan fingerprint density at radius 1 is 1.23 bits per heavy atom. The molecule has 1 aliphatic carbocycles. The number of carbonyl (C=O) groups excluding carboxylic acids is 1. The highest BCUT2D eigenvalue weighted by atomic mass is 35.5. The van der Waals surface area contributed by atoms with E-state index in [9.17, 15) is 9.90 Å². The number of hydrogen-bond donors (Lipinski definition) is 2. The minimum absolute atomic E-state index is 0.133. The van der Waals surface area contributed by atoms with Crippen LogP contribution in [0.25, 0.3) is 0 Å². The minimum Gasteiger partial charge on any atom is -0.496 e. The fourth-order valence-corrected chi connectivity index (χ4v) is 4.75. The van der Waals surface area contributed by atoms with Crippen molar-refractivity contribution in [2.45, 2.75) is 50.2 Å². The SMILES string of the molecule is COc1ccccc1CN(C)[C@@H]1[C@@H](O)[C@H](Oc2ccccc2Cl)C[C@H]1NC(=O)CCn1cncn1. The number of likely N-dealkylation sites (N-methyl/N-ethyl adjacent to an activating group) is 1. The molecule has 35 heavy (non-hydrogen) atoms. The zero-order chi connectivity index (χ0) is 24.8. The van der Waals surface area contributed by atoms with Gasteiger partial charge in [0, 0.05) is 24.9 Å². The molecule has 2 N–H and O–H groups in total. The average Bonchev–Trinajstić information content (AvgIpc) is 3.47. The lowest BCUT2D eigenvalue weighted by Crippen LogP contribution is -2.52. The second-order valence-electron chi connectivity index (χ2n) is 8.61. The van der Waals surface area contributed by atoms with Gasteiger partial charge < -0.3 is 19.9 Å². The number of hydrogen-bond acceptors (Lipinski definition) is 7. The smallest absolute Gasteiger partial charge is 0.222 e. The van der Waals surface area contributed by atoms with Gasteiger partial charge >= 0.3 is 0 Å². The molecule has 2 aromatic carbocycles. The molecule has 0 unspecified atom stereocenters. The molecule has 0 bridgehead atoms. The normalized spacial score (nSPS) is 21.7. The molecule has 1 aliphatic rings. The largest absolute Gasteiger partial charge is 0.496 e. The number of aryl methyl sites for hydroxylation is 1. The Balaban J connectivity index is 1.50. The Bertz CT molecular complexity index is 1110. The van der Waals surface area contributed by atoms with E-state index in [0.29, 0.717) is 30.3 Å². The Labute approximate surface area is 209 Å². The summed E-state index contributed by atoms with van der Waals surface area (Å²) in [4.78, 5) is 18.7. The number of aromatic nitrogens is 3. The summed E-state index contributed by atoms with van der Waals surface area (Å²) in [5.74, 6) is 1.14. The maximum atomic E-state index is 12.8. The lowest BCUT2D eigenvalue weighted by Gasteiger charge is -2.32. The summed E-state index contributed by atoms with van der Waals surface area (Å²) < 4.78 is 13.2. The number of carbonyl (C=O) groups is 1. The van der Waals surface area contributed by atoms with Crippen LogP contribution >= 0.6 is 11.6 Å². The van der Waals surface area contributed by atoms with Crippen molar-refractivity contribution in [3.8, 4) is 11.5 Å². The number of aliphatic hydroxyl groups excluding tert-OH is 1. The van der Waals surface area contributed by atoms with Crippen molar-refractivity contribution in [3.63, 3.8) is 0 Å². The van der Waals surface area contributed by atoms with Crippen LogP contribution < -0.4 is 14.8 Å². The third kappa shape index (κ3) is 6.11. The summed E-state index contributed by atoms with van der Waals surface area (Å²) in [6, 6.07) is 14.2. The summed E-state index contributed by atoms with van der Waals surface area (Å²) in [6.45, 7) is 0.943. The molecule has 0 aliphatic heterocycles. The molecule has 1 amide bonds. The summed E-state index contributed by atoms with van der Waals surface area (Å²) in [5.41, 5.74) is 0.983. The zero-order valence-corrected chi connectivity index (χ0v) is 20.5. The van der Waals surface area contributed by atoms with E-state index in [4.69, 9.17) is 21.1 Å². The molecule has 0 spiro atoms. The van der Waals surface area contributed by atoms with Gasteiger partial charge in [-0.05, 0) is 25.2 Å². The fraction of sp³-hybridized carbons (Fsp3) is 0.400. The van der Waals surface area contributed by atoms with Crippen LogP contribution in [0.1, 0.15) is 18.4 Å². The number of nitrogens with one attached hydrogen (secondary N) is 1. The highest BCUT2D eigenvalue weighted by Crippen LogP contribution is 2.33. The van der Waals surface area contributed by atoms with Gasteiger partial charge in [0.1, 0.15) is 36.4 Å². The van der Waals surface area contributed by atoms with Crippen LogP contribution in [-0.2, 0) is 17.9 Å². The summed E-state index contributed by atoms with van der Waals surface area (Å²) in [5, 5.41) is 18.9. The number of methoxy groups -OCH3 is 1. The first-order valence-corrected chi connectivity index (χ1v) is 11.9. The van der Waals surface area contributed by atoms with E-state index in [2.05, 4.69) is 15.4 Å². The maximum absolute atomic E-state index is 12.8. The monoisotopic (exact) mass is 499 g/mol. The Kier molecular flexibility index (Phi) is 8.22. The van der Waals surface area contributed by atoms with E-state index in [1.807, 2.05) is 48.3 Å². The summed E-state index contributed by atoms with van der Waals surface area (Å²) in [7, 11) is 3.56. The van der Waals surface area contributed by atoms with E-state index in [-0.39, 0.29) is 24.4 Å². The Morgan fingerprint density at radius 2 is 1.97 bits per heavy atom. The van der Waals surface area contributed by atoms with E-state index in [1.54, 1.807) is 30.3 Å². The molecule has 10 heteroatoms. The first-order valence-electron chi connectivity index (χ1n) is 11.5. The molecule has 0 radical (unpaired) electrons. The third-order valence-electron chi connectivity index (χ3n) is 6.25. The van der Waals surface area contributed by atoms with E-state index >= 15 is 0 Å². The standard InChI is InChI=1S/C25H30ClN5O4/c1-30(14-17-7-3-5-9-20(17)34-2)24-19(29-23(32)11-12-31-16-27-15-28-31)13-22(25(24)33)35-21-10-6-4-8-18(21)26/h3-10,15-16,19,22,24-25,33H,11-14H2,1-2H3,(H,29,32)/t19-,22-,24+,25+/m1/s1. The van der Waals surface area contributed by atoms with Crippen LogP contribution in [-0.4, -0.2) is 69.1 Å². The highest BCUT2D eigenvalue weighted by Gasteiger charge is 2.46. The fourth-order valence-electron chi connectivity index (χ4n) is 4.57. The van der Waals surface area contributed by atoms with Gasteiger partial charge in [-0.3, -0.25) is 14.4 Å². The number of amides is 1. The lowest BCUT2D eigenvalue weighted by atomic mass is 10.1. The second-order valence-corrected chi connectivity index (χ2v) is 9.02. The number of para-hydroxylation sites is 2. The minimum atomic E-state index is -0.855. The van der Waals surface area contributed by atoms with Gasteiger partial charge in [-0.15, -0.1) is 0 Å². The summed E-state index contributed by atoms with van der Waals surface area (Å²) >= 11 is 6.29.